The van der Waals surface area contributed by atoms with Gasteiger partial charge in [0.15, 0.2) is 0 Å². The molecule has 5 heteroatoms. The fourth-order valence-corrected chi connectivity index (χ4v) is 40.6. The molecular weight excluding hydrogens is 598 g/mol. The van der Waals surface area contributed by atoms with Gasteiger partial charge in [0.05, 0.1) is 0 Å². The molecule has 2 aromatic rings. The van der Waals surface area contributed by atoms with E-state index < -0.39 is 38.4 Å². The van der Waals surface area contributed by atoms with Crippen LogP contribution in [0.25, 0.3) is 0 Å². The summed E-state index contributed by atoms with van der Waals surface area (Å²) in [6.45, 7) is 6.04. The first-order valence-corrected chi connectivity index (χ1v) is 26.4. The molecule has 2 unspecified atom stereocenters. The van der Waals surface area contributed by atoms with Crippen molar-refractivity contribution in [3.8, 4) is 0 Å². The Bertz CT molecular complexity index is 652. The Balaban J connectivity index is 1.99. The van der Waals surface area contributed by atoms with Crippen molar-refractivity contribution < 1.29 is 7.56 Å². The minimum absolute atomic E-state index is 0.764. The fourth-order valence-electron chi connectivity index (χ4n) is 3.82. The summed E-state index contributed by atoms with van der Waals surface area (Å²) >= 11 is -6.29. The van der Waals surface area contributed by atoms with E-state index in [2.05, 4.69) is 84.4 Å². The van der Waals surface area contributed by atoms with E-state index in [-0.39, 0.29) is 0 Å². The Morgan fingerprint density at radius 1 is 0.613 bits per heavy atom. The van der Waals surface area contributed by atoms with Crippen LogP contribution < -0.4 is 0 Å². The van der Waals surface area contributed by atoms with E-state index in [1.807, 2.05) is 0 Å². The summed E-state index contributed by atoms with van der Waals surface area (Å²) in [6, 6.07) is 21.3. The zero-order valence-electron chi connectivity index (χ0n) is 20.1. The Kier molecular flexibility index (Phi) is 13.1. The molecular formula is C26H42O3Sn2. The third-order valence-corrected chi connectivity index (χ3v) is 36.5. The average Bonchev–Trinajstić information content (AvgIpc) is 2.78. The molecule has 0 N–H and O–H groups in total. The third kappa shape index (κ3) is 11.1. The summed E-state index contributed by atoms with van der Waals surface area (Å²) in [5, 5.41) is 0. The van der Waals surface area contributed by atoms with E-state index in [1.165, 1.54) is 36.8 Å². The van der Waals surface area contributed by atoms with Crippen LogP contribution in [0.15, 0.2) is 60.7 Å². The molecule has 0 heterocycles. The number of rotatable bonds is 16. The van der Waals surface area contributed by atoms with E-state index in [9.17, 15) is 0 Å². The molecule has 0 amide bonds. The van der Waals surface area contributed by atoms with E-state index in [4.69, 9.17) is 7.56 Å². The van der Waals surface area contributed by atoms with Crippen LogP contribution in [0.1, 0.15) is 50.7 Å². The predicted octanol–water partition coefficient (Wildman–Crippen LogP) is 7.27. The zero-order valence-corrected chi connectivity index (χ0v) is 25.8. The number of unbranched alkanes of at least 4 members (excludes halogenated alkanes) is 2. The van der Waals surface area contributed by atoms with Crippen molar-refractivity contribution in [3.63, 3.8) is 0 Å². The first-order chi connectivity index (χ1) is 15.0. The van der Waals surface area contributed by atoms with Crippen molar-refractivity contribution in [1.82, 2.24) is 0 Å². The van der Waals surface area contributed by atoms with Gasteiger partial charge in [-0.25, -0.2) is 0 Å². The standard InChI is InChI=1S/2C8H9O.2C4H9.2CH3.O.2Sn/c2*9-7-6-8-4-2-1-3-5-8;2*1-3-4-2;;;;;/h2*1-5H,6-7H2;2*1,3-4H2,2H3;2*1H3;;;/q2*-1;;;;;;2*+1. The molecule has 0 aliphatic carbocycles. The van der Waals surface area contributed by atoms with Crippen LogP contribution in [0.5, 0.6) is 0 Å². The molecule has 31 heavy (non-hydrogen) atoms. The van der Waals surface area contributed by atoms with Crippen LogP contribution >= 0.6 is 0 Å². The Hall–Kier alpha value is -0.0826. The van der Waals surface area contributed by atoms with Crippen LogP contribution in [-0.4, -0.2) is 51.6 Å². The van der Waals surface area contributed by atoms with Gasteiger partial charge < -0.3 is 0 Å². The van der Waals surface area contributed by atoms with Gasteiger partial charge in [-0.15, -0.1) is 0 Å². The van der Waals surface area contributed by atoms with Crippen LogP contribution in [0.4, 0.5) is 0 Å². The molecule has 0 aromatic heterocycles. The molecule has 0 radical (unpaired) electrons. The molecule has 0 aliphatic heterocycles. The molecule has 0 saturated carbocycles. The van der Waals surface area contributed by atoms with Crippen molar-refractivity contribution in [2.75, 3.05) is 13.2 Å². The second-order valence-corrected chi connectivity index (χ2v) is 30.7. The van der Waals surface area contributed by atoms with Gasteiger partial charge in [-0.05, 0) is 0 Å². The van der Waals surface area contributed by atoms with Gasteiger partial charge in [0.25, 0.3) is 0 Å². The first kappa shape index (κ1) is 27.2. The summed E-state index contributed by atoms with van der Waals surface area (Å²) in [7, 11) is 0. The molecule has 3 nitrogen and oxygen atoms in total. The van der Waals surface area contributed by atoms with E-state index in [0.717, 1.165) is 34.9 Å². The van der Waals surface area contributed by atoms with Gasteiger partial charge in [0, 0.05) is 0 Å². The maximum absolute atomic E-state index is 7.08. The average molecular weight is 640 g/mol. The summed E-state index contributed by atoms with van der Waals surface area (Å²) in [6.07, 6.45) is 6.68. The zero-order chi connectivity index (χ0) is 22.4. The molecule has 172 valence electrons. The van der Waals surface area contributed by atoms with Crippen LogP contribution in [0.2, 0.25) is 18.8 Å². The van der Waals surface area contributed by atoms with Crippen LogP contribution in [0.3, 0.4) is 0 Å². The maximum atomic E-state index is 7.08. The van der Waals surface area contributed by atoms with Crippen molar-refractivity contribution >= 4 is 38.4 Å². The second-order valence-electron chi connectivity index (χ2n) is 8.74. The Morgan fingerprint density at radius 2 is 1.00 bits per heavy atom. The topological polar surface area (TPSA) is 27.7 Å². The molecule has 2 aromatic carbocycles. The third-order valence-electron chi connectivity index (χ3n) is 5.68. The molecule has 0 aliphatic rings. The molecule has 0 bridgehead atoms. The van der Waals surface area contributed by atoms with Gasteiger partial charge in [0.2, 0.25) is 0 Å². The quantitative estimate of drug-likeness (QED) is 0.181. The van der Waals surface area contributed by atoms with Crippen molar-refractivity contribution in [2.24, 2.45) is 0 Å². The summed E-state index contributed by atoms with van der Waals surface area (Å²) in [5.74, 6) is 0. The molecule has 0 saturated heterocycles. The molecule has 0 spiro atoms. The molecule has 2 rings (SSSR count). The van der Waals surface area contributed by atoms with E-state index in [1.54, 1.807) is 0 Å². The number of benzene rings is 2. The fraction of sp³-hybridized carbons (Fsp3) is 0.538. The Morgan fingerprint density at radius 3 is 1.35 bits per heavy atom. The summed E-state index contributed by atoms with van der Waals surface area (Å²) in [4.78, 5) is 4.69. The minimum atomic E-state index is -3.15. The second kappa shape index (κ2) is 14.9. The van der Waals surface area contributed by atoms with Crippen molar-refractivity contribution in [2.45, 2.75) is 71.1 Å². The van der Waals surface area contributed by atoms with Crippen molar-refractivity contribution in [1.29, 1.82) is 0 Å². The summed E-state index contributed by atoms with van der Waals surface area (Å²) in [5.41, 5.74) is 2.67. The van der Waals surface area contributed by atoms with Gasteiger partial charge in [-0.1, -0.05) is 0 Å². The van der Waals surface area contributed by atoms with Crippen LogP contribution in [-0.2, 0) is 20.4 Å². The first-order valence-electron chi connectivity index (χ1n) is 12.0. The van der Waals surface area contributed by atoms with Crippen LogP contribution in [0, 0.1) is 0 Å². The van der Waals surface area contributed by atoms with Crippen molar-refractivity contribution in [3.05, 3.63) is 71.8 Å². The number of hydrogen-bond donors (Lipinski definition) is 0. The SMILES string of the molecule is CCC[CH2][Sn]([CH3])([O]CCc1ccccc1)[O][Sn]([CH3])([CH2]CCC)[O]CCc1ccccc1. The van der Waals surface area contributed by atoms with Gasteiger partial charge in [-0.2, -0.15) is 0 Å². The van der Waals surface area contributed by atoms with Gasteiger partial charge in [0.1, 0.15) is 0 Å². The van der Waals surface area contributed by atoms with Gasteiger partial charge >= 0.3 is 202 Å². The van der Waals surface area contributed by atoms with E-state index >= 15 is 0 Å². The monoisotopic (exact) mass is 642 g/mol. The molecule has 2 atom stereocenters. The van der Waals surface area contributed by atoms with E-state index in [0.29, 0.717) is 0 Å². The summed E-state index contributed by atoms with van der Waals surface area (Å²) < 4.78 is 22.6. The predicted molar refractivity (Wildman–Crippen MR) is 136 cm³/mol. The Labute approximate surface area is 200 Å². The van der Waals surface area contributed by atoms with Gasteiger partial charge in [-0.3, -0.25) is 0 Å². The molecule has 0 fully saturated rings. The number of hydrogen-bond acceptors (Lipinski definition) is 3. The normalized spacial score (nSPS) is 15.4.